The first-order chi connectivity index (χ1) is 11.2. The van der Waals surface area contributed by atoms with Crippen molar-refractivity contribution < 1.29 is 33.8 Å². The van der Waals surface area contributed by atoms with Crippen molar-refractivity contribution >= 4 is 42.2 Å². The molecule has 0 spiro atoms. The van der Waals surface area contributed by atoms with E-state index in [-0.39, 0.29) is 21.6 Å². The number of halogens is 2. The molecular formula is C10H11Cl2N4O7P. The number of hydrogen-bond acceptors (Lipinski definition) is 8. The number of aliphatic hydroxyl groups excluding tert-OH is 2. The molecule has 1 fully saturated rings. The standard InChI is InChI=1S/C10H11Cl2N4O7P/c11-7-4-8(15-10(12)14-7)16(2-13-4)9-6(18)5(17)3(23-9)1-22-24(19,20)21/h2-3,5-6,9,17-18H,1H2,(H2,19,20,21)/t3-,5-,6-,9-/m1/s1. The van der Waals surface area contributed by atoms with Crippen LogP contribution in [0.3, 0.4) is 0 Å². The first-order valence-electron chi connectivity index (χ1n) is 6.44. The number of ether oxygens (including phenoxy) is 1. The molecule has 0 amide bonds. The average molecular weight is 401 g/mol. The summed E-state index contributed by atoms with van der Waals surface area (Å²) < 4.78 is 21.7. The van der Waals surface area contributed by atoms with Gasteiger partial charge in [-0.1, -0.05) is 11.6 Å². The van der Waals surface area contributed by atoms with Crippen molar-refractivity contribution in [3.63, 3.8) is 0 Å². The second-order valence-corrected chi connectivity index (χ2v) is 6.88. The minimum absolute atomic E-state index is 0.00170. The lowest BCUT2D eigenvalue weighted by Gasteiger charge is -2.16. The third-order valence-corrected chi connectivity index (χ3v) is 4.29. The van der Waals surface area contributed by atoms with Crippen LogP contribution >= 0.6 is 31.0 Å². The van der Waals surface area contributed by atoms with Crippen LogP contribution in [0.1, 0.15) is 6.23 Å². The minimum Gasteiger partial charge on any atom is -0.387 e. The zero-order valence-electron chi connectivity index (χ0n) is 11.6. The zero-order valence-corrected chi connectivity index (χ0v) is 14.0. The average Bonchev–Trinajstić information content (AvgIpc) is 3.00. The Hall–Kier alpha value is -0.880. The Morgan fingerprint density at radius 3 is 2.67 bits per heavy atom. The van der Waals surface area contributed by atoms with Crippen LogP contribution < -0.4 is 0 Å². The van der Waals surface area contributed by atoms with Gasteiger partial charge in [0.2, 0.25) is 5.28 Å². The highest BCUT2D eigenvalue weighted by molar-refractivity contribution is 7.46. The number of phosphoric ester groups is 1. The van der Waals surface area contributed by atoms with E-state index in [2.05, 4.69) is 19.5 Å². The smallest absolute Gasteiger partial charge is 0.387 e. The van der Waals surface area contributed by atoms with Crippen molar-refractivity contribution in [3.8, 4) is 0 Å². The maximum atomic E-state index is 10.7. The van der Waals surface area contributed by atoms with E-state index in [4.69, 9.17) is 37.7 Å². The minimum atomic E-state index is -4.74. The van der Waals surface area contributed by atoms with Crippen molar-refractivity contribution in [1.82, 2.24) is 19.5 Å². The molecule has 2 aromatic rings. The lowest BCUT2D eigenvalue weighted by atomic mass is 10.1. The summed E-state index contributed by atoms with van der Waals surface area (Å²) in [5.41, 5.74) is 0.370. The monoisotopic (exact) mass is 400 g/mol. The van der Waals surface area contributed by atoms with E-state index in [0.29, 0.717) is 0 Å². The normalized spacial score (nSPS) is 27.9. The number of nitrogens with zero attached hydrogens (tertiary/aromatic N) is 4. The fourth-order valence-corrected chi connectivity index (χ4v) is 3.07. The summed E-state index contributed by atoms with van der Waals surface area (Å²) in [6, 6.07) is 0. The van der Waals surface area contributed by atoms with Crippen LogP contribution in [0.15, 0.2) is 6.33 Å². The van der Waals surface area contributed by atoms with Crippen LogP contribution in [0, 0.1) is 0 Å². The topological polar surface area (TPSA) is 160 Å². The molecule has 0 aromatic carbocycles. The van der Waals surface area contributed by atoms with Gasteiger partial charge in [0, 0.05) is 0 Å². The second kappa shape index (κ2) is 6.45. The molecule has 1 saturated heterocycles. The quantitative estimate of drug-likeness (QED) is 0.308. The molecule has 1 aliphatic heterocycles. The van der Waals surface area contributed by atoms with Gasteiger partial charge >= 0.3 is 7.82 Å². The number of rotatable bonds is 4. The molecule has 2 aromatic heterocycles. The Labute approximate surface area is 144 Å². The van der Waals surface area contributed by atoms with Crippen LogP contribution in [-0.4, -0.2) is 64.4 Å². The number of imidazole rings is 1. The Kier molecular flexibility index (Phi) is 4.82. The van der Waals surface area contributed by atoms with Gasteiger partial charge in [0.25, 0.3) is 0 Å². The second-order valence-electron chi connectivity index (χ2n) is 4.94. The van der Waals surface area contributed by atoms with Crippen molar-refractivity contribution in [2.45, 2.75) is 24.5 Å². The molecule has 0 aliphatic carbocycles. The van der Waals surface area contributed by atoms with E-state index in [1.807, 2.05) is 0 Å². The first-order valence-corrected chi connectivity index (χ1v) is 8.73. The molecule has 0 bridgehead atoms. The Bertz CT molecular complexity index is 814. The van der Waals surface area contributed by atoms with Crippen LogP contribution in [0.4, 0.5) is 0 Å². The maximum absolute atomic E-state index is 10.7. The van der Waals surface area contributed by atoms with Gasteiger partial charge in [-0.2, -0.15) is 4.98 Å². The van der Waals surface area contributed by atoms with Gasteiger partial charge in [0.15, 0.2) is 17.0 Å². The van der Waals surface area contributed by atoms with Gasteiger partial charge in [-0.15, -0.1) is 0 Å². The summed E-state index contributed by atoms with van der Waals surface area (Å²) in [7, 11) is -4.74. The SMILES string of the molecule is O=P(O)(O)OC[C@H]1O[C@@H](n2cnc3c(Cl)nc(Cl)nc32)[C@H](O)[C@@H]1O. The van der Waals surface area contributed by atoms with Crippen LogP contribution in [0.5, 0.6) is 0 Å². The molecule has 11 nitrogen and oxygen atoms in total. The lowest BCUT2D eigenvalue weighted by molar-refractivity contribution is -0.0504. The fraction of sp³-hybridized carbons (Fsp3) is 0.500. The Balaban J connectivity index is 1.89. The molecule has 4 N–H and O–H groups in total. The van der Waals surface area contributed by atoms with Gasteiger partial charge in [-0.25, -0.2) is 14.5 Å². The molecule has 4 atom stereocenters. The summed E-state index contributed by atoms with van der Waals surface area (Å²) in [5.74, 6) is 0. The summed E-state index contributed by atoms with van der Waals surface area (Å²) in [5, 5.41) is 20.0. The van der Waals surface area contributed by atoms with E-state index < -0.39 is 39.0 Å². The Morgan fingerprint density at radius 1 is 1.29 bits per heavy atom. The maximum Gasteiger partial charge on any atom is 0.469 e. The molecule has 0 radical (unpaired) electrons. The van der Waals surface area contributed by atoms with Gasteiger partial charge < -0.3 is 24.7 Å². The van der Waals surface area contributed by atoms with Crippen molar-refractivity contribution in [2.75, 3.05) is 6.61 Å². The number of phosphoric acid groups is 1. The fourth-order valence-electron chi connectivity index (χ4n) is 2.31. The number of hydrogen-bond donors (Lipinski definition) is 4. The zero-order chi connectivity index (χ0) is 17.6. The molecule has 3 rings (SSSR count). The van der Waals surface area contributed by atoms with Crippen molar-refractivity contribution in [3.05, 3.63) is 16.8 Å². The molecule has 132 valence electrons. The van der Waals surface area contributed by atoms with E-state index in [1.54, 1.807) is 0 Å². The third kappa shape index (κ3) is 3.40. The largest absolute Gasteiger partial charge is 0.469 e. The summed E-state index contributed by atoms with van der Waals surface area (Å²) in [6.45, 7) is -0.623. The predicted octanol–water partition coefficient (Wildman–Crippen LogP) is -0.138. The van der Waals surface area contributed by atoms with Crippen LogP contribution in [-0.2, 0) is 13.8 Å². The molecule has 24 heavy (non-hydrogen) atoms. The van der Waals surface area contributed by atoms with Crippen LogP contribution in [0.25, 0.3) is 11.2 Å². The van der Waals surface area contributed by atoms with Crippen molar-refractivity contribution in [2.24, 2.45) is 0 Å². The molecule has 1 aliphatic rings. The van der Waals surface area contributed by atoms with Crippen LogP contribution in [0.2, 0.25) is 10.4 Å². The van der Waals surface area contributed by atoms with Gasteiger partial charge in [0.05, 0.1) is 12.9 Å². The van der Waals surface area contributed by atoms with E-state index in [1.165, 1.54) is 10.9 Å². The van der Waals surface area contributed by atoms with E-state index in [0.717, 1.165) is 0 Å². The molecule has 3 heterocycles. The number of fused-ring (bicyclic) bond motifs is 1. The number of aromatic nitrogens is 4. The van der Waals surface area contributed by atoms with Gasteiger partial charge in [-0.3, -0.25) is 9.09 Å². The van der Waals surface area contributed by atoms with Gasteiger partial charge in [0.1, 0.15) is 23.8 Å². The lowest BCUT2D eigenvalue weighted by Crippen LogP contribution is -2.33. The highest BCUT2D eigenvalue weighted by Gasteiger charge is 2.45. The van der Waals surface area contributed by atoms with E-state index >= 15 is 0 Å². The predicted molar refractivity (Wildman–Crippen MR) is 79.3 cm³/mol. The molecule has 14 heteroatoms. The summed E-state index contributed by atoms with van der Waals surface area (Å²) in [4.78, 5) is 29.1. The molecule has 0 unspecified atom stereocenters. The highest BCUT2D eigenvalue weighted by atomic mass is 35.5. The molecule has 0 saturated carbocycles. The highest BCUT2D eigenvalue weighted by Crippen LogP contribution is 2.39. The van der Waals surface area contributed by atoms with Crippen molar-refractivity contribution in [1.29, 1.82) is 0 Å². The molecular weight excluding hydrogens is 390 g/mol. The van der Waals surface area contributed by atoms with Gasteiger partial charge in [-0.05, 0) is 11.6 Å². The summed E-state index contributed by atoms with van der Waals surface area (Å²) in [6.07, 6.45) is -3.94. The number of aliphatic hydroxyl groups is 2. The first kappa shape index (κ1) is 17.9. The van der Waals surface area contributed by atoms with E-state index in [9.17, 15) is 14.8 Å². The third-order valence-electron chi connectivity index (χ3n) is 3.37. The summed E-state index contributed by atoms with van der Waals surface area (Å²) >= 11 is 11.7. The Morgan fingerprint density at radius 2 is 2.00 bits per heavy atom.